The summed E-state index contributed by atoms with van der Waals surface area (Å²) >= 11 is 1.40. The predicted molar refractivity (Wildman–Crippen MR) is 124 cm³/mol. The van der Waals surface area contributed by atoms with E-state index in [1.807, 2.05) is 19.1 Å². The maximum absolute atomic E-state index is 12.8. The zero-order valence-corrected chi connectivity index (χ0v) is 19.7. The second-order valence-electron chi connectivity index (χ2n) is 8.11. The molecule has 32 heavy (non-hydrogen) atoms. The Bertz CT molecular complexity index is 909. The summed E-state index contributed by atoms with van der Waals surface area (Å²) in [5, 5.41) is 15.4. The van der Waals surface area contributed by atoms with E-state index in [1.54, 1.807) is 11.6 Å². The minimum atomic E-state index is -0.293. The summed E-state index contributed by atoms with van der Waals surface area (Å²) in [5.41, 5.74) is 1.23. The normalized spacial score (nSPS) is 15.4. The lowest BCUT2D eigenvalue weighted by Gasteiger charge is -2.30. The molecule has 9 nitrogen and oxygen atoms in total. The maximum atomic E-state index is 12.8. The van der Waals surface area contributed by atoms with E-state index in [2.05, 4.69) is 46.4 Å². The number of likely N-dealkylation sites (tertiary alicyclic amines) is 1. The molecule has 1 fully saturated rings. The zero-order valence-electron chi connectivity index (χ0n) is 18.9. The highest BCUT2D eigenvalue weighted by Gasteiger charge is 2.28. The fourth-order valence-corrected chi connectivity index (χ4v) is 4.40. The third-order valence-electron chi connectivity index (χ3n) is 5.32. The van der Waals surface area contributed by atoms with E-state index in [4.69, 9.17) is 9.90 Å². The smallest absolute Gasteiger partial charge is 0.290 e. The standard InChI is InChI=1S/C21H29N5O2S.CH2O2/c1-13(2)17(24-19(27)15-7-10-26(4)11-8-15)21-23-16(12-29-21)20(28)25-18-14(3)6-5-9-22-18;2-1-3/h5-6,9,12-13,15,17H,7-8,10-11H2,1-4H3,(H,24,27)(H,22,25,28);1H,(H,2,3)/t17-;/m0./s1. The molecule has 1 aliphatic rings. The Morgan fingerprint density at radius 2 is 1.97 bits per heavy atom. The Balaban J connectivity index is 0.00000114. The van der Waals surface area contributed by atoms with Crippen LogP contribution < -0.4 is 10.6 Å². The number of nitrogens with one attached hydrogen (secondary N) is 2. The number of hydrogen-bond acceptors (Lipinski definition) is 7. The van der Waals surface area contributed by atoms with Crippen molar-refractivity contribution in [3.8, 4) is 0 Å². The van der Waals surface area contributed by atoms with Crippen LogP contribution in [-0.2, 0) is 9.59 Å². The lowest BCUT2D eigenvalue weighted by Crippen LogP contribution is -2.41. The SMILES string of the molecule is Cc1cccnc1NC(=O)c1csc([C@@H](NC(=O)C2CCN(C)CC2)C(C)C)n1.O=CO. The second-order valence-corrected chi connectivity index (χ2v) is 9.00. The molecular formula is C22H31N5O4S. The predicted octanol–water partition coefficient (Wildman–Crippen LogP) is 2.95. The molecule has 10 heteroatoms. The third kappa shape index (κ3) is 7.10. The Labute approximate surface area is 192 Å². The Morgan fingerprint density at radius 3 is 2.56 bits per heavy atom. The molecule has 0 unspecified atom stereocenters. The highest BCUT2D eigenvalue weighted by Crippen LogP contribution is 2.27. The van der Waals surface area contributed by atoms with E-state index in [9.17, 15) is 9.59 Å². The van der Waals surface area contributed by atoms with E-state index in [1.165, 1.54) is 11.3 Å². The molecule has 2 aromatic rings. The number of carboxylic acid groups (broad SMARTS) is 1. The molecule has 1 atom stereocenters. The molecule has 0 spiro atoms. The topological polar surface area (TPSA) is 125 Å². The number of carbonyl (C=O) groups is 3. The fourth-order valence-electron chi connectivity index (χ4n) is 3.38. The molecule has 1 saturated heterocycles. The number of hydrogen-bond donors (Lipinski definition) is 3. The number of aryl methyl sites for hydroxylation is 1. The van der Waals surface area contributed by atoms with Gasteiger partial charge < -0.3 is 20.6 Å². The van der Waals surface area contributed by atoms with Crippen LogP contribution in [0.5, 0.6) is 0 Å². The number of piperidine rings is 1. The molecule has 1 aliphatic heterocycles. The molecule has 3 heterocycles. The number of nitrogens with zero attached hydrogens (tertiary/aromatic N) is 3. The molecule has 174 valence electrons. The molecule has 0 radical (unpaired) electrons. The van der Waals surface area contributed by atoms with Gasteiger partial charge in [-0.1, -0.05) is 19.9 Å². The summed E-state index contributed by atoms with van der Waals surface area (Å²) in [4.78, 5) is 44.7. The summed E-state index contributed by atoms with van der Waals surface area (Å²) in [6.45, 7) is 7.64. The van der Waals surface area contributed by atoms with Crippen LogP contribution >= 0.6 is 11.3 Å². The minimum absolute atomic E-state index is 0.0438. The van der Waals surface area contributed by atoms with Crippen LogP contribution in [0.15, 0.2) is 23.7 Å². The number of thiazole rings is 1. The van der Waals surface area contributed by atoms with E-state index in [0.717, 1.165) is 36.5 Å². The number of rotatable bonds is 6. The van der Waals surface area contributed by atoms with Crippen molar-refractivity contribution in [3.63, 3.8) is 0 Å². The molecule has 2 aromatic heterocycles. The maximum Gasteiger partial charge on any atom is 0.290 e. The Morgan fingerprint density at radius 1 is 1.31 bits per heavy atom. The average Bonchev–Trinajstić information content (AvgIpc) is 3.24. The van der Waals surface area contributed by atoms with Crippen molar-refractivity contribution in [2.45, 2.75) is 39.7 Å². The van der Waals surface area contributed by atoms with Gasteiger partial charge in [0.2, 0.25) is 5.91 Å². The highest BCUT2D eigenvalue weighted by molar-refractivity contribution is 7.10. The van der Waals surface area contributed by atoms with E-state index in [0.29, 0.717) is 11.5 Å². The van der Waals surface area contributed by atoms with Gasteiger partial charge in [0.15, 0.2) is 0 Å². The molecule has 3 rings (SSSR count). The van der Waals surface area contributed by atoms with Crippen LogP contribution in [0.1, 0.15) is 53.8 Å². The van der Waals surface area contributed by atoms with Gasteiger partial charge >= 0.3 is 0 Å². The van der Waals surface area contributed by atoms with Crippen molar-refractivity contribution in [3.05, 3.63) is 40.0 Å². The minimum Gasteiger partial charge on any atom is -0.483 e. The largest absolute Gasteiger partial charge is 0.483 e. The van der Waals surface area contributed by atoms with Crippen molar-refractivity contribution >= 4 is 35.4 Å². The molecule has 0 aliphatic carbocycles. The number of pyridine rings is 1. The van der Waals surface area contributed by atoms with Gasteiger partial charge in [0.05, 0.1) is 6.04 Å². The van der Waals surface area contributed by atoms with Crippen LogP contribution in [0.25, 0.3) is 0 Å². The van der Waals surface area contributed by atoms with Crippen molar-refractivity contribution < 1.29 is 19.5 Å². The van der Waals surface area contributed by atoms with Gasteiger partial charge in [-0.05, 0) is 57.5 Å². The fraction of sp³-hybridized carbons (Fsp3) is 0.500. The lowest BCUT2D eigenvalue weighted by molar-refractivity contribution is -0.127. The second kappa shape index (κ2) is 12.3. The molecule has 3 N–H and O–H groups in total. The molecule has 0 saturated carbocycles. The van der Waals surface area contributed by atoms with E-state index >= 15 is 0 Å². The number of anilines is 1. The van der Waals surface area contributed by atoms with Gasteiger partial charge in [0.1, 0.15) is 16.5 Å². The van der Waals surface area contributed by atoms with Gasteiger partial charge in [0, 0.05) is 17.5 Å². The molecule has 0 bridgehead atoms. The first-order valence-electron chi connectivity index (χ1n) is 10.5. The van der Waals surface area contributed by atoms with Gasteiger partial charge in [-0.15, -0.1) is 11.3 Å². The first-order valence-corrected chi connectivity index (χ1v) is 11.4. The van der Waals surface area contributed by atoms with E-state index in [-0.39, 0.29) is 36.2 Å². The van der Waals surface area contributed by atoms with Crippen LogP contribution in [-0.4, -0.2) is 58.4 Å². The Kier molecular flexibility index (Phi) is 9.73. The third-order valence-corrected chi connectivity index (χ3v) is 6.24. The summed E-state index contributed by atoms with van der Waals surface area (Å²) in [6, 6.07) is 3.51. The van der Waals surface area contributed by atoms with Crippen LogP contribution in [0.4, 0.5) is 5.82 Å². The van der Waals surface area contributed by atoms with Gasteiger partial charge in [0.25, 0.3) is 12.4 Å². The van der Waals surface area contributed by atoms with Gasteiger partial charge in [-0.25, -0.2) is 9.97 Å². The number of amides is 2. The molecule has 2 amide bonds. The summed E-state index contributed by atoms with van der Waals surface area (Å²) < 4.78 is 0. The van der Waals surface area contributed by atoms with Crippen LogP contribution in [0.3, 0.4) is 0 Å². The highest BCUT2D eigenvalue weighted by atomic mass is 32.1. The summed E-state index contributed by atoms with van der Waals surface area (Å²) in [7, 11) is 2.08. The first-order chi connectivity index (χ1) is 15.3. The Hall–Kier alpha value is -2.85. The van der Waals surface area contributed by atoms with Crippen molar-refractivity contribution in [1.82, 2.24) is 20.2 Å². The van der Waals surface area contributed by atoms with Crippen molar-refractivity contribution in [1.29, 1.82) is 0 Å². The van der Waals surface area contributed by atoms with Gasteiger partial charge in [-0.2, -0.15) is 0 Å². The lowest BCUT2D eigenvalue weighted by atomic mass is 9.95. The zero-order chi connectivity index (χ0) is 23.7. The monoisotopic (exact) mass is 461 g/mol. The number of aromatic nitrogens is 2. The summed E-state index contributed by atoms with van der Waals surface area (Å²) in [6.07, 6.45) is 3.40. The van der Waals surface area contributed by atoms with Crippen molar-refractivity contribution in [2.75, 3.05) is 25.5 Å². The first kappa shape index (κ1) is 25.4. The average molecular weight is 462 g/mol. The van der Waals surface area contributed by atoms with Crippen LogP contribution in [0, 0.1) is 18.8 Å². The quantitative estimate of drug-likeness (QED) is 0.565. The van der Waals surface area contributed by atoms with Gasteiger partial charge in [-0.3, -0.25) is 14.4 Å². The number of carbonyl (C=O) groups excluding carboxylic acids is 2. The molecule has 0 aromatic carbocycles. The summed E-state index contributed by atoms with van der Waals surface area (Å²) in [5.74, 6) is 0.538. The van der Waals surface area contributed by atoms with Crippen LogP contribution in [0.2, 0.25) is 0 Å². The van der Waals surface area contributed by atoms with Crippen molar-refractivity contribution in [2.24, 2.45) is 11.8 Å². The molecular weight excluding hydrogens is 430 g/mol. The van der Waals surface area contributed by atoms with E-state index < -0.39 is 0 Å².